The predicted molar refractivity (Wildman–Crippen MR) is 133 cm³/mol. The maximum atomic E-state index is 13.4. The third-order valence-electron chi connectivity index (χ3n) is 5.00. The largest absolute Gasteiger partial charge is 0.495 e. The zero-order chi connectivity index (χ0) is 24.5. The van der Waals surface area contributed by atoms with Crippen molar-refractivity contribution in [1.82, 2.24) is 14.7 Å². The Labute approximate surface area is 205 Å². The molecule has 1 amide bonds. The number of anilines is 1. The van der Waals surface area contributed by atoms with Gasteiger partial charge in [-0.05, 0) is 30.3 Å². The molecule has 10 heteroatoms. The summed E-state index contributed by atoms with van der Waals surface area (Å²) in [7, 11) is 1.53. The number of para-hydroxylation sites is 2. The van der Waals surface area contributed by atoms with E-state index in [1.54, 1.807) is 42.5 Å². The fraction of sp³-hybridized carbons (Fsp3) is 0.250. The molecule has 0 radical (unpaired) electrons. The Morgan fingerprint density at radius 2 is 1.97 bits per heavy atom. The van der Waals surface area contributed by atoms with E-state index in [1.165, 1.54) is 11.7 Å². The first-order chi connectivity index (χ1) is 16.2. The van der Waals surface area contributed by atoms with Crippen molar-refractivity contribution in [2.75, 3.05) is 18.2 Å². The summed E-state index contributed by atoms with van der Waals surface area (Å²) in [6.07, 6.45) is 0. The van der Waals surface area contributed by atoms with Crippen LogP contribution in [-0.4, -0.2) is 33.5 Å². The maximum Gasteiger partial charge on any atom is 0.266 e. The van der Waals surface area contributed by atoms with Gasteiger partial charge in [0.25, 0.3) is 5.56 Å². The lowest BCUT2D eigenvalue weighted by Crippen LogP contribution is -2.23. The van der Waals surface area contributed by atoms with E-state index in [0.29, 0.717) is 32.5 Å². The van der Waals surface area contributed by atoms with Gasteiger partial charge in [-0.25, -0.2) is 4.98 Å². The number of nitrogens with zero attached hydrogens (tertiary/aromatic N) is 3. The molecule has 2 aromatic heterocycles. The molecule has 8 nitrogen and oxygen atoms in total. The van der Waals surface area contributed by atoms with Crippen molar-refractivity contribution in [3.8, 4) is 11.4 Å². The highest BCUT2D eigenvalue weighted by molar-refractivity contribution is 7.99. The molecule has 0 bridgehead atoms. The van der Waals surface area contributed by atoms with E-state index in [9.17, 15) is 9.59 Å². The lowest BCUT2D eigenvalue weighted by Gasteiger charge is -2.15. The van der Waals surface area contributed by atoms with Crippen LogP contribution >= 0.6 is 23.4 Å². The van der Waals surface area contributed by atoms with Crippen LogP contribution in [0.25, 0.3) is 16.6 Å². The fourth-order valence-corrected chi connectivity index (χ4v) is 4.23. The van der Waals surface area contributed by atoms with Crippen LogP contribution in [0.3, 0.4) is 0 Å². The highest BCUT2D eigenvalue weighted by atomic mass is 35.5. The molecule has 0 unspecified atom stereocenters. The normalized spacial score (nSPS) is 11.6. The van der Waals surface area contributed by atoms with Gasteiger partial charge in [0.15, 0.2) is 5.16 Å². The number of amides is 1. The van der Waals surface area contributed by atoms with E-state index in [0.717, 1.165) is 17.5 Å². The molecule has 2 heterocycles. The molecular formula is C24H23ClN4O4S. The average Bonchev–Trinajstić information content (AvgIpc) is 3.26. The topological polar surface area (TPSA) is 99.2 Å². The number of fused-ring (bicyclic) bond motifs is 1. The first kappa shape index (κ1) is 23.8. The summed E-state index contributed by atoms with van der Waals surface area (Å²) in [5.74, 6) is 0.422. The van der Waals surface area contributed by atoms with E-state index >= 15 is 0 Å². The molecular weight excluding hydrogens is 476 g/mol. The molecule has 2 aromatic carbocycles. The average molecular weight is 499 g/mol. The number of carbonyl (C=O) groups excluding carboxylic acids is 1. The van der Waals surface area contributed by atoms with Crippen molar-refractivity contribution in [1.29, 1.82) is 0 Å². The lowest BCUT2D eigenvalue weighted by molar-refractivity contribution is -0.113. The molecule has 0 atom stereocenters. The van der Waals surface area contributed by atoms with E-state index < -0.39 is 0 Å². The molecule has 0 saturated carbocycles. The summed E-state index contributed by atoms with van der Waals surface area (Å²) in [5.41, 5.74) is 1.19. The standard InChI is InChI=1S/C24H23ClN4O4S/c1-24(2,3)19-12-21(33-28-19)27-20(30)13-34-23-26-16-11-14(25)9-10-15(16)22(31)29(23)17-7-5-6-8-18(17)32-4/h5-12H,13H2,1-4H3,(H,27,30). The fourth-order valence-electron chi connectivity index (χ4n) is 3.25. The van der Waals surface area contributed by atoms with Gasteiger partial charge in [0.1, 0.15) is 5.75 Å². The summed E-state index contributed by atoms with van der Waals surface area (Å²) in [6.45, 7) is 6.00. The van der Waals surface area contributed by atoms with Crippen molar-refractivity contribution < 1.29 is 14.1 Å². The summed E-state index contributed by atoms with van der Waals surface area (Å²) in [5, 5.41) is 7.89. The number of carbonyl (C=O) groups is 1. The number of halogens is 1. The predicted octanol–water partition coefficient (Wildman–Crippen LogP) is 5.06. The smallest absolute Gasteiger partial charge is 0.266 e. The first-order valence-corrected chi connectivity index (χ1v) is 11.8. The molecule has 0 aliphatic rings. The molecule has 0 aliphatic carbocycles. The van der Waals surface area contributed by atoms with Crippen molar-refractivity contribution in [2.45, 2.75) is 31.3 Å². The van der Waals surface area contributed by atoms with Crippen molar-refractivity contribution in [3.63, 3.8) is 0 Å². The van der Waals surface area contributed by atoms with Crippen LogP contribution in [0.15, 0.2) is 63.0 Å². The highest BCUT2D eigenvalue weighted by Crippen LogP contribution is 2.28. The van der Waals surface area contributed by atoms with E-state index in [4.69, 9.17) is 20.9 Å². The number of methoxy groups -OCH3 is 1. The van der Waals surface area contributed by atoms with Crippen LogP contribution < -0.4 is 15.6 Å². The van der Waals surface area contributed by atoms with E-state index in [2.05, 4.69) is 15.5 Å². The second kappa shape index (κ2) is 9.52. The van der Waals surface area contributed by atoms with Gasteiger partial charge in [0.05, 0.1) is 35.1 Å². The number of nitrogens with one attached hydrogen (secondary N) is 1. The van der Waals surface area contributed by atoms with Crippen molar-refractivity contribution >= 4 is 46.1 Å². The number of hydrogen-bond acceptors (Lipinski definition) is 7. The zero-order valence-electron chi connectivity index (χ0n) is 19.1. The Balaban J connectivity index is 1.68. The molecule has 0 aliphatic heterocycles. The Morgan fingerprint density at radius 3 is 2.68 bits per heavy atom. The minimum Gasteiger partial charge on any atom is -0.495 e. The van der Waals surface area contributed by atoms with Gasteiger partial charge in [0.2, 0.25) is 11.8 Å². The third-order valence-corrected chi connectivity index (χ3v) is 6.17. The second-order valence-corrected chi connectivity index (χ2v) is 9.91. The molecule has 1 N–H and O–H groups in total. The summed E-state index contributed by atoms with van der Waals surface area (Å²) in [6, 6.07) is 13.7. The second-order valence-electron chi connectivity index (χ2n) is 8.53. The quantitative estimate of drug-likeness (QED) is 0.293. The Hall–Kier alpha value is -3.30. The minimum atomic E-state index is -0.325. The number of benzene rings is 2. The molecule has 0 spiro atoms. The van der Waals surface area contributed by atoms with Crippen molar-refractivity contribution in [3.05, 3.63) is 69.6 Å². The van der Waals surface area contributed by atoms with Gasteiger partial charge < -0.3 is 9.26 Å². The van der Waals surface area contributed by atoms with Crippen LogP contribution in [0.2, 0.25) is 5.02 Å². The molecule has 4 rings (SSSR count). The molecule has 34 heavy (non-hydrogen) atoms. The van der Waals surface area contributed by atoms with Gasteiger partial charge in [-0.3, -0.25) is 19.5 Å². The number of ether oxygens (including phenoxy) is 1. The van der Waals surface area contributed by atoms with Crippen LogP contribution in [-0.2, 0) is 10.2 Å². The molecule has 0 fully saturated rings. The summed E-state index contributed by atoms with van der Waals surface area (Å²) >= 11 is 7.24. The third kappa shape index (κ3) is 4.95. The van der Waals surface area contributed by atoms with Gasteiger partial charge >= 0.3 is 0 Å². The first-order valence-electron chi connectivity index (χ1n) is 10.4. The Morgan fingerprint density at radius 1 is 1.21 bits per heavy atom. The zero-order valence-corrected chi connectivity index (χ0v) is 20.7. The van der Waals surface area contributed by atoms with Gasteiger partial charge in [-0.15, -0.1) is 0 Å². The molecule has 176 valence electrons. The summed E-state index contributed by atoms with van der Waals surface area (Å²) < 4.78 is 12.1. The highest BCUT2D eigenvalue weighted by Gasteiger charge is 2.21. The monoisotopic (exact) mass is 498 g/mol. The summed E-state index contributed by atoms with van der Waals surface area (Å²) in [4.78, 5) is 30.7. The van der Waals surface area contributed by atoms with Crippen LogP contribution in [0.1, 0.15) is 26.5 Å². The van der Waals surface area contributed by atoms with E-state index in [-0.39, 0.29) is 28.5 Å². The Kier molecular flexibility index (Phi) is 6.67. The van der Waals surface area contributed by atoms with Gasteiger partial charge in [-0.1, -0.05) is 61.4 Å². The van der Waals surface area contributed by atoms with E-state index in [1.807, 2.05) is 26.8 Å². The van der Waals surface area contributed by atoms with Gasteiger partial charge in [0, 0.05) is 16.5 Å². The van der Waals surface area contributed by atoms with Gasteiger partial charge in [-0.2, -0.15) is 0 Å². The lowest BCUT2D eigenvalue weighted by atomic mass is 9.92. The number of aromatic nitrogens is 3. The maximum absolute atomic E-state index is 13.4. The molecule has 0 saturated heterocycles. The number of thioether (sulfide) groups is 1. The van der Waals surface area contributed by atoms with Crippen LogP contribution in [0.5, 0.6) is 5.75 Å². The van der Waals surface area contributed by atoms with Crippen molar-refractivity contribution in [2.24, 2.45) is 0 Å². The minimum absolute atomic E-state index is 0.0147. The van der Waals surface area contributed by atoms with Crippen LogP contribution in [0, 0.1) is 0 Å². The Bertz CT molecular complexity index is 1420. The molecule has 4 aromatic rings. The van der Waals surface area contributed by atoms with Crippen LogP contribution in [0.4, 0.5) is 5.88 Å². The number of rotatable bonds is 6. The SMILES string of the molecule is COc1ccccc1-n1c(SCC(=O)Nc2cc(C(C)(C)C)no2)nc2cc(Cl)ccc2c1=O. The number of hydrogen-bond donors (Lipinski definition) is 1.